The van der Waals surface area contributed by atoms with Crippen LogP contribution in [0, 0.1) is 17.0 Å². The van der Waals surface area contributed by atoms with Crippen molar-refractivity contribution in [2.75, 3.05) is 0 Å². The van der Waals surface area contributed by atoms with Gasteiger partial charge in [-0.05, 0) is 24.6 Å². The monoisotopic (exact) mass is 321 g/mol. The zero-order valence-corrected chi connectivity index (χ0v) is 12.4. The largest absolute Gasteiger partial charge is 0.304 e. The van der Waals surface area contributed by atoms with Gasteiger partial charge in [0.1, 0.15) is 0 Å². The number of hydrogen-bond acceptors (Lipinski definition) is 3. The van der Waals surface area contributed by atoms with Crippen LogP contribution in [0.15, 0.2) is 36.7 Å². The van der Waals surface area contributed by atoms with E-state index in [1.54, 1.807) is 28.9 Å². The van der Waals surface area contributed by atoms with Gasteiger partial charge < -0.3 is 4.40 Å². The highest BCUT2D eigenvalue weighted by molar-refractivity contribution is 6.37. The summed E-state index contributed by atoms with van der Waals surface area (Å²) in [5.41, 5.74) is 2.86. The Morgan fingerprint density at radius 1 is 1.19 bits per heavy atom. The van der Waals surface area contributed by atoms with Gasteiger partial charge in [0.2, 0.25) is 0 Å². The van der Waals surface area contributed by atoms with E-state index in [0.717, 1.165) is 11.1 Å². The molecule has 2 aromatic heterocycles. The normalized spacial score (nSPS) is 11.0. The van der Waals surface area contributed by atoms with E-state index < -0.39 is 4.92 Å². The first-order valence-electron chi connectivity index (χ1n) is 6.05. The van der Waals surface area contributed by atoms with Gasteiger partial charge >= 0.3 is 0 Å². The van der Waals surface area contributed by atoms with Gasteiger partial charge in [0.05, 0.1) is 20.7 Å². The molecule has 1 aromatic carbocycles. The van der Waals surface area contributed by atoms with E-state index in [1.807, 2.05) is 6.92 Å². The summed E-state index contributed by atoms with van der Waals surface area (Å²) in [5, 5.41) is 11.7. The van der Waals surface area contributed by atoms with Crippen molar-refractivity contribution in [3.8, 4) is 11.3 Å². The fourth-order valence-electron chi connectivity index (χ4n) is 2.04. The fourth-order valence-corrected chi connectivity index (χ4v) is 2.53. The SMILES string of the molecule is Cc1c(Cl)cn2cc(-c3ccc([N+](=O)[O-])cc3)nc2c1Cl. The summed E-state index contributed by atoms with van der Waals surface area (Å²) in [6, 6.07) is 6.20. The maximum atomic E-state index is 10.7. The molecule has 0 saturated carbocycles. The average molecular weight is 322 g/mol. The molecule has 0 radical (unpaired) electrons. The Bertz CT molecular complexity index is 857. The molecule has 0 fully saturated rings. The van der Waals surface area contributed by atoms with Crippen molar-refractivity contribution in [1.82, 2.24) is 9.38 Å². The summed E-state index contributed by atoms with van der Waals surface area (Å²) in [6.45, 7) is 1.82. The minimum atomic E-state index is -0.437. The lowest BCUT2D eigenvalue weighted by molar-refractivity contribution is -0.384. The predicted molar refractivity (Wildman–Crippen MR) is 82.0 cm³/mol. The Morgan fingerprint density at radius 3 is 2.48 bits per heavy atom. The molecule has 3 aromatic rings. The van der Waals surface area contributed by atoms with Gasteiger partial charge in [-0.1, -0.05) is 23.2 Å². The Labute approximate surface area is 129 Å². The summed E-state index contributed by atoms with van der Waals surface area (Å²) < 4.78 is 1.74. The molecule has 21 heavy (non-hydrogen) atoms. The number of nitro groups is 1. The van der Waals surface area contributed by atoms with Crippen LogP contribution in [-0.2, 0) is 0 Å². The Balaban J connectivity index is 2.13. The molecule has 0 atom stereocenters. The second-order valence-corrected chi connectivity index (χ2v) is 5.36. The molecule has 5 nitrogen and oxygen atoms in total. The molecule has 0 unspecified atom stereocenters. The second kappa shape index (κ2) is 5.02. The lowest BCUT2D eigenvalue weighted by Gasteiger charge is -2.02. The number of nitro benzene ring substituents is 1. The Kier molecular flexibility index (Phi) is 3.31. The molecule has 106 valence electrons. The second-order valence-electron chi connectivity index (χ2n) is 4.58. The third kappa shape index (κ3) is 2.34. The van der Waals surface area contributed by atoms with Crippen LogP contribution in [0.2, 0.25) is 10.0 Å². The highest BCUT2D eigenvalue weighted by atomic mass is 35.5. The lowest BCUT2D eigenvalue weighted by Crippen LogP contribution is -1.88. The van der Waals surface area contributed by atoms with Crippen molar-refractivity contribution in [3.05, 3.63) is 62.4 Å². The molecule has 0 aliphatic heterocycles. The van der Waals surface area contributed by atoms with E-state index >= 15 is 0 Å². The maximum Gasteiger partial charge on any atom is 0.269 e. The summed E-state index contributed by atoms with van der Waals surface area (Å²) in [7, 11) is 0. The third-order valence-electron chi connectivity index (χ3n) is 3.24. The van der Waals surface area contributed by atoms with Crippen LogP contribution >= 0.6 is 23.2 Å². The van der Waals surface area contributed by atoms with Crippen LogP contribution < -0.4 is 0 Å². The van der Waals surface area contributed by atoms with Crippen LogP contribution in [0.25, 0.3) is 16.9 Å². The van der Waals surface area contributed by atoms with Gasteiger partial charge in [-0.2, -0.15) is 0 Å². The minimum Gasteiger partial charge on any atom is -0.304 e. The zero-order valence-electron chi connectivity index (χ0n) is 10.9. The van der Waals surface area contributed by atoms with Crippen molar-refractivity contribution in [3.63, 3.8) is 0 Å². The van der Waals surface area contributed by atoms with Gasteiger partial charge in [0, 0.05) is 30.1 Å². The molecule has 0 aliphatic carbocycles. The number of hydrogen-bond donors (Lipinski definition) is 0. The fraction of sp³-hybridized carbons (Fsp3) is 0.0714. The molecule has 0 saturated heterocycles. The number of halogens is 2. The van der Waals surface area contributed by atoms with Crippen LogP contribution in [0.1, 0.15) is 5.56 Å². The molecule has 0 N–H and O–H groups in total. The minimum absolute atomic E-state index is 0.0411. The Morgan fingerprint density at radius 2 is 1.86 bits per heavy atom. The first-order chi connectivity index (χ1) is 9.97. The first kappa shape index (κ1) is 13.9. The maximum absolute atomic E-state index is 10.7. The molecular formula is C14H9Cl2N3O2. The topological polar surface area (TPSA) is 60.4 Å². The standard InChI is InChI=1S/C14H9Cl2N3O2/c1-8-11(15)6-18-7-12(17-14(18)13(8)16)9-2-4-10(5-3-9)19(20)21/h2-7H,1H3. The molecule has 0 amide bonds. The van der Waals surface area contributed by atoms with Crippen molar-refractivity contribution < 1.29 is 4.92 Å². The highest BCUT2D eigenvalue weighted by Gasteiger charge is 2.12. The van der Waals surface area contributed by atoms with Gasteiger partial charge in [0.15, 0.2) is 5.65 Å². The van der Waals surface area contributed by atoms with E-state index in [4.69, 9.17) is 23.2 Å². The number of pyridine rings is 1. The van der Waals surface area contributed by atoms with Gasteiger partial charge in [-0.25, -0.2) is 4.98 Å². The van der Waals surface area contributed by atoms with E-state index in [9.17, 15) is 10.1 Å². The number of non-ortho nitro benzene ring substituents is 1. The molecule has 0 aliphatic rings. The van der Waals surface area contributed by atoms with E-state index in [-0.39, 0.29) is 5.69 Å². The highest BCUT2D eigenvalue weighted by Crippen LogP contribution is 2.30. The van der Waals surface area contributed by atoms with Crippen LogP contribution in [-0.4, -0.2) is 14.3 Å². The number of aromatic nitrogens is 2. The van der Waals surface area contributed by atoms with Crippen LogP contribution in [0.4, 0.5) is 5.69 Å². The van der Waals surface area contributed by atoms with Crippen LogP contribution in [0.5, 0.6) is 0 Å². The number of fused-ring (bicyclic) bond motifs is 1. The number of imidazole rings is 1. The molecule has 7 heteroatoms. The molecule has 2 heterocycles. The average Bonchev–Trinajstić information content (AvgIpc) is 2.89. The molecule has 3 rings (SSSR count). The van der Waals surface area contributed by atoms with E-state index in [1.165, 1.54) is 12.1 Å². The number of nitrogens with zero attached hydrogens (tertiary/aromatic N) is 3. The quantitative estimate of drug-likeness (QED) is 0.514. The van der Waals surface area contributed by atoms with Crippen molar-refractivity contribution in [2.24, 2.45) is 0 Å². The summed E-state index contributed by atoms with van der Waals surface area (Å²) >= 11 is 12.3. The lowest BCUT2D eigenvalue weighted by atomic mass is 10.1. The predicted octanol–water partition coefficient (Wildman–Crippen LogP) is 4.52. The van der Waals surface area contributed by atoms with Crippen molar-refractivity contribution in [2.45, 2.75) is 6.92 Å². The van der Waals surface area contributed by atoms with Gasteiger partial charge in [0.25, 0.3) is 5.69 Å². The summed E-state index contributed by atoms with van der Waals surface area (Å²) in [5.74, 6) is 0. The molecule has 0 spiro atoms. The van der Waals surface area contributed by atoms with Crippen molar-refractivity contribution >= 4 is 34.5 Å². The van der Waals surface area contributed by atoms with Crippen molar-refractivity contribution in [1.29, 1.82) is 0 Å². The molecule has 0 bridgehead atoms. The summed E-state index contributed by atoms with van der Waals surface area (Å²) in [4.78, 5) is 14.7. The molecular weight excluding hydrogens is 313 g/mol. The van der Waals surface area contributed by atoms with Gasteiger partial charge in [-0.15, -0.1) is 0 Å². The third-order valence-corrected chi connectivity index (χ3v) is 4.08. The summed E-state index contributed by atoms with van der Waals surface area (Å²) in [6.07, 6.45) is 3.52. The Hall–Kier alpha value is -2.11. The number of benzene rings is 1. The first-order valence-corrected chi connectivity index (χ1v) is 6.81. The van der Waals surface area contributed by atoms with E-state index in [0.29, 0.717) is 21.4 Å². The smallest absolute Gasteiger partial charge is 0.269 e. The number of rotatable bonds is 2. The van der Waals surface area contributed by atoms with Crippen LogP contribution in [0.3, 0.4) is 0 Å². The van der Waals surface area contributed by atoms with Gasteiger partial charge in [-0.3, -0.25) is 10.1 Å². The van der Waals surface area contributed by atoms with E-state index in [2.05, 4.69) is 4.98 Å². The zero-order chi connectivity index (χ0) is 15.1.